The molecule has 0 saturated heterocycles. The van der Waals surface area contributed by atoms with Crippen molar-refractivity contribution in [3.05, 3.63) is 41.1 Å². The van der Waals surface area contributed by atoms with Crippen molar-refractivity contribution in [3.8, 4) is 0 Å². The Morgan fingerprint density at radius 3 is 2.93 bits per heavy atom. The molecule has 0 radical (unpaired) electrons. The first kappa shape index (κ1) is 20.6. The first-order valence-electron chi connectivity index (χ1n) is 10.0. The zero-order valence-corrected chi connectivity index (χ0v) is 17.4. The summed E-state index contributed by atoms with van der Waals surface area (Å²) in [5, 5.41) is 17.7. The number of carbonyl (C=O) groups is 1. The summed E-state index contributed by atoms with van der Waals surface area (Å²) in [6.45, 7) is 8.30. The zero-order valence-electron chi connectivity index (χ0n) is 17.4. The number of carbonyl (C=O) groups excluding carboxylic acids is 1. The third kappa shape index (κ3) is 4.47. The van der Waals surface area contributed by atoms with E-state index in [-0.39, 0.29) is 17.9 Å². The third-order valence-electron chi connectivity index (χ3n) is 5.49. The molecule has 2 heterocycles. The van der Waals surface area contributed by atoms with Crippen LogP contribution in [0.15, 0.2) is 23.0 Å². The smallest absolute Gasteiger partial charge is 0.274 e. The molecule has 2 aromatic heterocycles. The second kappa shape index (κ2) is 8.49. The first-order chi connectivity index (χ1) is 13.3. The molecule has 7 nitrogen and oxygen atoms in total. The van der Waals surface area contributed by atoms with Gasteiger partial charge < -0.3 is 19.7 Å². The van der Waals surface area contributed by atoms with Crippen molar-refractivity contribution in [1.82, 2.24) is 20.0 Å². The second-order valence-corrected chi connectivity index (χ2v) is 8.53. The maximum absolute atomic E-state index is 13.1. The maximum atomic E-state index is 13.1. The summed E-state index contributed by atoms with van der Waals surface area (Å²) in [5.74, 6) is -0.0546. The fourth-order valence-corrected chi connectivity index (χ4v) is 3.68. The Hall–Kier alpha value is -2.12. The van der Waals surface area contributed by atoms with Crippen LogP contribution in [0.5, 0.6) is 0 Å². The lowest BCUT2D eigenvalue weighted by Crippen LogP contribution is -2.42. The van der Waals surface area contributed by atoms with Gasteiger partial charge in [-0.1, -0.05) is 13.8 Å². The van der Waals surface area contributed by atoms with Crippen molar-refractivity contribution >= 4 is 5.91 Å². The van der Waals surface area contributed by atoms with E-state index in [0.29, 0.717) is 18.3 Å². The van der Waals surface area contributed by atoms with Gasteiger partial charge in [-0.3, -0.25) is 9.48 Å². The third-order valence-corrected chi connectivity index (χ3v) is 5.49. The number of hydrogen-bond donors (Lipinski definition) is 2. The molecule has 1 aliphatic carbocycles. The molecule has 0 saturated carbocycles. The molecule has 1 atom stereocenters. The van der Waals surface area contributed by atoms with Crippen molar-refractivity contribution in [2.45, 2.75) is 59.2 Å². The standard InChI is InChI=1S/C21H32N4O3/c1-5-25-18-7-6-16(22-13-21(2,3)14-26)10-17(18)19(23-25)20(27)24(4)11-15-8-9-28-12-15/h8-9,12,16,22,26H,5-7,10-11,13-14H2,1-4H3. The number of aliphatic hydroxyl groups is 1. The lowest BCUT2D eigenvalue weighted by molar-refractivity contribution is 0.0777. The Morgan fingerprint density at radius 1 is 1.50 bits per heavy atom. The van der Waals surface area contributed by atoms with Crippen LogP contribution in [0.3, 0.4) is 0 Å². The van der Waals surface area contributed by atoms with Gasteiger partial charge in [-0.25, -0.2) is 0 Å². The molecule has 7 heteroatoms. The van der Waals surface area contributed by atoms with Gasteiger partial charge >= 0.3 is 0 Å². The Morgan fingerprint density at radius 2 is 2.29 bits per heavy atom. The van der Waals surface area contributed by atoms with Crippen molar-refractivity contribution in [1.29, 1.82) is 0 Å². The van der Waals surface area contributed by atoms with Crippen LogP contribution in [0.25, 0.3) is 0 Å². The number of rotatable bonds is 8. The van der Waals surface area contributed by atoms with Crippen LogP contribution in [0.2, 0.25) is 0 Å². The van der Waals surface area contributed by atoms with Crippen LogP contribution in [0.4, 0.5) is 0 Å². The van der Waals surface area contributed by atoms with E-state index in [1.807, 2.05) is 24.6 Å². The van der Waals surface area contributed by atoms with E-state index in [1.54, 1.807) is 24.5 Å². The fourth-order valence-electron chi connectivity index (χ4n) is 3.68. The number of aliphatic hydroxyl groups excluding tert-OH is 1. The van der Waals surface area contributed by atoms with Crippen LogP contribution in [-0.2, 0) is 25.9 Å². The van der Waals surface area contributed by atoms with Gasteiger partial charge in [0.1, 0.15) is 0 Å². The number of amides is 1. The number of nitrogens with zero attached hydrogens (tertiary/aromatic N) is 3. The summed E-state index contributed by atoms with van der Waals surface area (Å²) in [4.78, 5) is 14.8. The Bertz CT molecular complexity index is 795. The highest BCUT2D eigenvalue weighted by atomic mass is 16.3. The molecule has 3 rings (SSSR count). The number of aryl methyl sites for hydroxylation is 1. The quantitative estimate of drug-likeness (QED) is 0.725. The molecule has 1 amide bonds. The molecule has 0 aromatic carbocycles. The van der Waals surface area contributed by atoms with E-state index < -0.39 is 0 Å². The molecule has 0 spiro atoms. The van der Waals surface area contributed by atoms with Crippen LogP contribution in [0, 0.1) is 5.41 Å². The lowest BCUT2D eigenvalue weighted by atomic mass is 9.89. The van der Waals surface area contributed by atoms with E-state index in [9.17, 15) is 9.90 Å². The average Bonchev–Trinajstić information content (AvgIpc) is 3.33. The number of hydrogen-bond acceptors (Lipinski definition) is 5. The molecule has 154 valence electrons. The van der Waals surface area contributed by atoms with E-state index in [4.69, 9.17) is 4.42 Å². The predicted octanol–water partition coefficient (Wildman–Crippen LogP) is 2.23. The summed E-state index contributed by atoms with van der Waals surface area (Å²) in [5.41, 5.74) is 3.62. The summed E-state index contributed by atoms with van der Waals surface area (Å²) in [6.07, 6.45) is 5.99. The summed E-state index contributed by atoms with van der Waals surface area (Å²) in [6, 6.07) is 2.16. The topological polar surface area (TPSA) is 83.5 Å². The van der Waals surface area contributed by atoms with Gasteiger partial charge in [0, 0.05) is 61.6 Å². The number of fused-ring (bicyclic) bond motifs is 1. The SMILES string of the molecule is CCn1nc(C(=O)N(C)Cc2ccoc2)c2c1CCC(NCC(C)(C)CO)C2. The van der Waals surface area contributed by atoms with E-state index in [2.05, 4.69) is 17.3 Å². The van der Waals surface area contributed by atoms with Gasteiger partial charge in [0.25, 0.3) is 5.91 Å². The zero-order chi connectivity index (χ0) is 20.3. The van der Waals surface area contributed by atoms with E-state index >= 15 is 0 Å². The Kier molecular flexibility index (Phi) is 6.25. The normalized spacial score (nSPS) is 16.8. The summed E-state index contributed by atoms with van der Waals surface area (Å²) < 4.78 is 7.08. The van der Waals surface area contributed by atoms with Gasteiger partial charge in [-0.15, -0.1) is 0 Å². The van der Waals surface area contributed by atoms with Gasteiger partial charge in [0.15, 0.2) is 5.69 Å². The second-order valence-electron chi connectivity index (χ2n) is 8.53. The average molecular weight is 389 g/mol. The minimum Gasteiger partial charge on any atom is -0.472 e. The predicted molar refractivity (Wildman–Crippen MR) is 107 cm³/mol. The van der Waals surface area contributed by atoms with Gasteiger partial charge in [-0.05, 0) is 32.3 Å². The Balaban J connectivity index is 1.76. The first-order valence-corrected chi connectivity index (χ1v) is 10.0. The monoisotopic (exact) mass is 388 g/mol. The number of furan rings is 1. The molecule has 2 N–H and O–H groups in total. The molecular formula is C21H32N4O3. The highest BCUT2D eigenvalue weighted by molar-refractivity contribution is 5.94. The summed E-state index contributed by atoms with van der Waals surface area (Å²) >= 11 is 0. The Labute approximate surface area is 166 Å². The molecule has 0 aliphatic heterocycles. The molecule has 0 bridgehead atoms. The molecule has 1 aliphatic rings. The number of nitrogens with one attached hydrogen (secondary N) is 1. The van der Waals surface area contributed by atoms with Crippen LogP contribution >= 0.6 is 0 Å². The van der Waals surface area contributed by atoms with Gasteiger partial charge in [0.05, 0.1) is 12.5 Å². The lowest BCUT2D eigenvalue weighted by Gasteiger charge is -2.29. The van der Waals surface area contributed by atoms with Crippen LogP contribution < -0.4 is 5.32 Å². The maximum Gasteiger partial charge on any atom is 0.274 e. The molecule has 1 unspecified atom stereocenters. The van der Waals surface area contributed by atoms with E-state index in [1.165, 1.54) is 5.69 Å². The molecule has 2 aromatic rings. The largest absolute Gasteiger partial charge is 0.472 e. The number of aromatic nitrogens is 2. The van der Waals surface area contributed by atoms with Crippen LogP contribution in [0.1, 0.15) is 54.5 Å². The van der Waals surface area contributed by atoms with Crippen molar-refractivity contribution in [2.75, 3.05) is 20.2 Å². The molecular weight excluding hydrogens is 356 g/mol. The van der Waals surface area contributed by atoms with Crippen molar-refractivity contribution in [2.24, 2.45) is 5.41 Å². The minimum absolute atomic E-state index is 0.0546. The highest BCUT2D eigenvalue weighted by Gasteiger charge is 2.30. The highest BCUT2D eigenvalue weighted by Crippen LogP contribution is 2.27. The summed E-state index contributed by atoms with van der Waals surface area (Å²) in [7, 11) is 1.80. The van der Waals surface area contributed by atoms with Crippen LogP contribution in [-0.4, -0.2) is 51.9 Å². The molecule has 28 heavy (non-hydrogen) atoms. The van der Waals surface area contributed by atoms with Gasteiger partial charge in [0.2, 0.25) is 0 Å². The fraction of sp³-hybridized carbons (Fsp3) is 0.619. The molecule has 0 fully saturated rings. The van der Waals surface area contributed by atoms with Crippen molar-refractivity contribution in [3.63, 3.8) is 0 Å². The van der Waals surface area contributed by atoms with E-state index in [0.717, 1.165) is 43.5 Å². The van der Waals surface area contributed by atoms with Crippen molar-refractivity contribution < 1.29 is 14.3 Å². The minimum atomic E-state index is -0.155. The van der Waals surface area contributed by atoms with Gasteiger partial charge in [-0.2, -0.15) is 5.10 Å².